The van der Waals surface area contributed by atoms with E-state index in [2.05, 4.69) is 14.7 Å². The summed E-state index contributed by atoms with van der Waals surface area (Å²) in [5.41, 5.74) is 3.01. The number of aromatic amines is 1. The minimum Gasteiger partial charge on any atom is -0.342 e. The second-order valence-electron chi connectivity index (χ2n) is 4.22. The fourth-order valence-electron chi connectivity index (χ4n) is 1.79. The third kappa shape index (κ3) is 3.08. The zero-order valence-electron chi connectivity index (χ0n) is 10.5. The molecule has 2 N–H and O–H groups in total. The summed E-state index contributed by atoms with van der Waals surface area (Å²) in [6, 6.07) is 5.93. The summed E-state index contributed by atoms with van der Waals surface area (Å²) in [5, 5.41) is 0. The first-order valence-electron chi connectivity index (χ1n) is 5.93. The van der Waals surface area contributed by atoms with Crippen LogP contribution in [0.2, 0.25) is 0 Å². The Morgan fingerprint density at radius 2 is 2.17 bits per heavy atom. The van der Waals surface area contributed by atoms with Gasteiger partial charge in [-0.05, 0) is 38.0 Å². The lowest BCUT2D eigenvalue weighted by Crippen LogP contribution is -2.27. The van der Waals surface area contributed by atoms with Crippen molar-refractivity contribution in [3.63, 3.8) is 0 Å². The minimum atomic E-state index is -3.10. The van der Waals surface area contributed by atoms with Gasteiger partial charge < -0.3 is 4.98 Å². The fourth-order valence-corrected chi connectivity index (χ4v) is 2.41. The first kappa shape index (κ1) is 13.0. The van der Waals surface area contributed by atoms with Gasteiger partial charge in [-0.25, -0.2) is 18.1 Å². The van der Waals surface area contributed by atoms with Gasteiger partial charge >= 0.3 is 0 Å². The number of sulfonamides is 1. The lowest BCUT2D eigenvalue weighted by molar-refractivity contribution is 0.583. The summed E-state index contributed by atoms with van der Waals surface area (Å²) < 4.78 is 25.1. The van der Waals surface area contributed by atoms with Crippen LogP contribution in [0.3, 0.4) is 0 Å². The number of hydrogen-bond donors (Lipinski definition) is 2. The molecule has 2 aromatic rings. The number of aryl methyl sites for hydroxylation is 1. The Bertz CT molecular complexity index is 646. The van der Waals surface area contributed by atoms with E-state index in [0.717, 1.165) is 22.4 Å². The maximum atomic E-state index is 11.3. The highest BCUT2D eigenvalue weighted by Crippen LogP contribution is 2.13. The fraction of sp³-hybridized carbons (Fsp3) is 0.417. The van der Waals surface area contributed by atoms with Crippen LogP contribution < -0.4 is 4.72 Å². The molecule has 0 aliphatic heterocycles. The van der Waals surface area contributed by atoms with E-state index < -0.39 is 10.0 Å². The average Bonchev–Trinajstić information content (AvgIpc) is 2.68. The number of benzene rings is 1. The van der Waals surface area contributed by atoms with E-state index in [1.54, 1.807) is 6.92 Å². The van der Waals surface area contributed by atoms with Crippen molar-refractivity contribution >= 4 is 21.1 Å². The highest BCUT2D eigenvalue weighted by Gasteiger charge is 2.06. The molecular weight excluding hydrogens is 250 g/mol. The Hall–Kier alpha value is -1.40. The van der Waals surface area contributed by atoms with Crippen molar-refractivity contribution in [2.24, 2.45) is 0 Å². The number of imidazole rings is 1. The lowest BCUT2D eigenvalue weighted by atomic mass is 10.1. The number of H-pyrrole nitrogens is 1. The molecule has 98 valence electrons. The van der Waals surface area contributed by atoms with Gasteiger partial charge in [-0.15, -0.1) is 0 Å². The SMILES string of the molecule is CCS(=O)(=O)NCCc1ccc2nc(C)[nH]c2c1. The van der Waals surface area contributed by atoms with Gasteiger partial charge in [-0.1, -0.05) is 6.07 Å². The Morgan fingerprint density at radius 3 is 2.89 bits per heavy atom. The zero-order valence-corrected chi connectivity index (χ0v) is 11.3. The van der Waals surface area contributed by atoms with Crippen LogP contribution in [0.5, 0.6) is 0 Å². The lowest BCUT2D eigenvalue weighted by Gasteiger charge is -2.04. The molecule has 0 saturated carbocycles. The van der Waals surface area contributed by atoms with Gasteiger partial charge in [0.1, 0.15) is 5.82 Å². The molecule has 0 spiro atoms. The maximum absolute atomic E-state index is 11.3. The third-order valence-electron chi connectivity index (χ3n) is 2.78. The monoisotopic (exact) mass is 267 g/mol. The van der Waals surface area contributed by atoms with E-state index in [1.807, 2.05) is 25.1 Å². The number of fused-ring (bicyclic) bond motifs is 1. The molecule has 0 amide bonds. The van der Waals surface area contributed by atoms with Gasteiger partial charge in [0.05, 0.1) is 16.8 Å². The summed E-state index contributed by atoms with van der Waals surface area (Å²) >= 11 is 0. The number of rotatable bonds is 5. The molecule has 1 heterocycles. The molecule has 1 aromatic carbocycles. The molecule has 0 radical (unpaired) electrons. The third-order valence-corrected chi connectivity index (χ3v) is 4.18. The first-order chi connectivity index (χ1) is 8.50. The molecule has 0 aliphatic rings. The van der Waals surface area contributed by atoms with Crippen LogP contribution in [0.4, 0.5) is 0 Å². The quantitative estimate of drug-likeness (QED) is 0.858. The topological polar surface area (TPSA) is 74.8 Å². The number of aromatic nitrogens is 2. The molecule has 5 nitrogen and oxygen atoms in total. The maximum Gasteiger partial charge on any atom is 0.211 e. The predicted octanol–water partition coefficient (Wildman–Crippen LogP) is 1.35. The molecular formula is C12H17N3O2S. The van der Waals surface area contributed by atoms with Crippen LogP contribution in [0.25, 0.3) is 11.0 Å². The van der Waals surface area contributed by atoms with Crippen LogP contribution in [-0.2, 0) is 16.4 Å². The smallest absolute Gasteiger partial charge is 0.211 e. The van der Waals surface area contributed by atoms with Crippen LogP contribution in [0.1, 0.15) is 18.3 Å². The minimum absolute atomic E-state index is 0.117. The summed E-state index contributed by atoms with van der Waals surface area (Å²) in [5.74, 6) is 1.00. The Kier molecular flexibility index (Phi) is 3.68. The van der Waals surface area contributed by atoms with Gasteiger partial charge in [-0.3, -0.25) is 0 Å². The van der Waals surface area contributed by atoms with Gasteiger partial charge in [0, 0.05) is 6.54 Å². The number of hydrogen-bond acceptors (Lipinski definition) is 3. The van der Waals surface area contributed by atoms with Gasteiger partial charge in [0.25, 0.3) is 0 Å². The Balaban J connectivity index is 2.04. The summed E-state index contributed by atoms with van der Waals surface area (Å²) in [6.07, 6.45) is 0.674. The van der Waals surface area contributed by atoms with Crippen LogP contribution in [0, 0.1) is 6.92 Å². The van der Waals surface area contributed by atoms with Crippen LogP contribution in [-0.4, -0.2) is 30.7 Å². The largest absolute Gasteiger partial charge is 0.342 e. The molecule has 0 unspecified atom stereocenters. The standard InChI is InChI=1S/C12H17N3O2S/c1-3-18(16,17)13-7-6-10-4-5-11-12(8-10)15-9(2)14-11/h4-5,8,13H,3,6-7H2,1-2H3,(H,14,15). The van der Waals surface area contributed by atoms with Crippen LogP contribution >= 0.6 is 0 Å². The highest BCUT2D eigenvalue weighted by molar-refractivity contribution is 7.89. The zero-order chi connectivity index (χ0) is 13.2. The van der Waals surface area contributed by atoms with Crippen molar-refractivity contribution in [2.45, 2.75) is 20.3 Å². The molecule has 1 aromatic heterocycles. The highest BCUT2D eigenvalue weighted by atomic mass is 32.2. The van der Waals surface area contributed by atoms with Crippen molar-refractivity contribution in [3.05, 3.63) is 29.6 Å². The number of nitrogens with one attached hydrogen (secondary N) is 2. The van der Waals surface area contributed by atoms with E-state index in [9.17, 15) is 8.42 Å². The molecule has 6 heteroatoms. The molecule has 0 fully saturated rings. The normalized spacial score (nSPS) is 12.1. The van der Waals surface area contributed by atoms with Crippen molar-refractivity contribution in [1.82, 2.24) is 14.7 Å². The summed E-state index contributed by atoms with van der Waals surface area (Å²) in [4.78, 5) is 7.49. The van der Waals surface area contributed by atoms with E-state index in [4.69, 9.17) is 0 Å². The van der Waals surface area contributed by atoms with E-state index in [-0.39, 0.29) is 5.75 Å². The first-order valence-corrected chi connectivity index (χ1v) is 7.58. The molecule has 18 heavy (non-hydrogen) atoms. The van der Waals surface area contributed by atoms with Crippen molar-refractivity contribution in [2.75, 3.05) is 12.3 Å². The Labute approximate surface area is 107 Å². The molecule has 0 atom stereocenters. The summed E-state index contributed by atoms with van der Waals surface area (Å²) in [6.45, 7) is 3.96. The molecule has 0 aliphatic carbocycles. The van der Waals surface area contributed by atoms with Crippen LogP contribution in [0.15, 0.2) is 18.2 Å². The Morgan fingerprint density at radius 1 is 1.39 bits per heavy atom. The van der Waals surface area contributed by atoms with Crippen molar-refractivity contribution in [3.8, 4) is 0 Å². The summed E-state index contributed by atoms with van der Waals surface area (Å²) in [7, 11) is -3.10. The second-order valence-corrected chi connectivity index (χ2v) is 6.32. The molecule has 2 rings (SSSR count). The van der Waals surface area contributed by atoms with Gasteiger partial charge in [0.15, 0.2) is 0 Å². The van der Waals surface area contributed by atoms with E-state index in [1.165, 1.54) is 0 Å². The van der Waals surface area contributed by atoms with Gasteiger partial charge in [-0.2, -0.15) is 0 Å². The molecule has 0 saturated heterocycles. The predicted molar refractivity (Wildman–Crippen MR) is 72.0 cm³/mol. The van der Waals surface area contributed by atoms with Gasteiger partial charge in [0.2, 0.25) is 10.0 Å². The van der Waals surface area contributed by atoms with E-state index in [0.29, 0.717) is 13.0 Å². The molecule has 0 bridgehead atoms. The number of nitrogens with zero attached hydrogens (tertiary/aromatic N) is 1. The van der Waals surface area contributed by atoms with E-state index >= 15 is 0 Å². The van der Waals surface area contributed by atoms with Crippen molar-refractivity contribution < 1.29 is 8.42 Å². The average molecular weight is 267 g/mol. The van der Waals surface area contributed by atoms with Crippen molar-refractivity contribution in [1.29, 1.82) is 0 Å². The second kappa shape index (κ2) is 5.07.